The molecule has 0 radical (unpaired) electrons. The summed E-state index contributed by atoms with van der Waals surface area (Å²) in [5.74, 6) is 0.704. The summed E-state index contributed by atoms with van der Waals surface area (Å²) in [7, 11) is 1.63. The molecule has 2 aromatic rings. The van der Waals surface area contributed by atoms with Crippen LogP contribution in [-0.2, 0) is 9.53 Å². The highest BCUT2D eigenvalue weighted by molar-refractivity contribution is 5.92. The second-order valence-electron chi connectivity index (χ2n) is 7.75. The first-order valence-electron chi connectivity index (χ1n) is 11.4. The summed E-state index contributed by atoms with van der Waals surface area (Å²) in [5.41, 5.74) is 1.34. The molecule has 1 aromatic heterocycles. The van der Waals surface area contributed by atoms with Crippen LogP contribution in [0.15, 0.2) is 42.9 Å². The Bertz CT molecular complexity index is 887. The smallest absolute Gasteiger partial charge is 0.274 e. The monoisotopic (exact) mass is 455 g/mol. The molecule has 1 saturated heterocycles. The van der Waals surface area contributed by atoms with Gasteiger partial charge in [0.2, 0.25) is 5.91 Å². The molecule has 0 unspecified atom stereocenters. The first-order chi connectivity index (χ1) is 16.1. The molecule has 0 atom stereocenters. The number of anilines is 1. The van der Waals surface area contributed by atoms with E-state index < -0.39 is 0 Å². The molecular formula is C24H33N5O4. The number of rotatable bonds is 11. The predicted molar refractivity (Wildman–Crippen MR) is 125 cm³/mol. The molecule has 1 fully saturated rings. The van der Waals surface area contributed by atoms with Gasteiger partial charge in [-0.3, -0.25) is 14.6 Å². The first-order valence-corrected chi connectivity index (χ1v) is 11.4. The SMILES string of the molecule is CCOc1ccccc1N1CCN(C(=O)CCN(CCCOC)C(=O)c2cnccn2)CC1. The van der Waals surface area contributed by atoms with Crippen molar-refractivity contribution in [3.05, 3.63) is 48.5 Å². The third-order valence-corrected chi connectivity index (χ3v) is 5.58. The Hall–Kier alpha value is -3.20. The van der Waals surface area contributed by atoms with Crippen molar-refractivity contribution in [2.75, 3.05) is 64.5 Å². The maximum Gasteiger partial charge on any atom is 0.274 e. The van der Waals surface area contributed by atoms with Crippen molar-refractivity contribution >= 4 is 17.5 Å². The van der Waals surface area contributed by atoms with E-state index in [0.29, 0.717) is 45.8 Å². The Labute approximate surface area is 195 Å². The molecule has 0 N–H and O–H groups in total. The third-order valence-electron chi connectivity index (χ3n) is 5.58. The van der Waals surface area contributed by atoms with Crippen LogP contribution in [0.3, 0.4) is 0 Å². The fourth-order valence-corrected chi connectivity index (χ4v) is 3.87. The van der Waals surface area contributed by atoms with Crippen molar-refractivity contribution in [3.8, 4) is 5.75 Å². The molecule has 0 bridgehead atoms. The van der Waals surface area contributed by atoms with Gasteiger partial charge in [-0.25, -0.2) is 4.98 Å². The Morgan fingerprint density at radius 3 is 2.58 bits per heavy atom. The van der Waals surface area contributed by atoms with Crippen molar-refractivity contribution in [2.45, 2.75) is 19.8 Å². The number of ether oxygens (including phenoxy) is 2. The number of carbonyl (C=O) groups excluding carboxylic acids is 2. The van der Waals surface area contributed by atoms with Crippen LogP contribution in [0.4, 0.5) is 5.69 Å². The number of carbonyl (C=O) groups is 2. The van der Waals surface area contributed by atoms with E-state index in [-0.39, 0.29) is 23.9 Å². The third kappa shape index (κ3) is 6.89. The maximum absolute atomic E-state index is 12.9. The second kappa shape index (κ2) is 12.7. The summed E-state index contributed by atoms with van der Waals surface area (Å²) in [6.45, 7) is 6.73. The van der Waals surface area contributed by atoms with Crippen molar-refractivity contribution in [3.63, 3.8) is 0 Å². The first kappa shape index (κ1) is 24.4. The van der Waals surface area contributed by atoms with Crippen LogP contribution in [0.1, 0.15) is 30.3 Å². The number of benzene rings is 1. The fraction of sp³-hybridized carbons (Fsp3) is 0.500. The molecule has 1 aromatic carbocycles. The van der Waals surface area contributed by atoms with Gasteiger partial charge in [0.15, 0.2) is 0 Å². The number of hydrogen-bond acceptors (Lipinski definition) is 7. The lowest BCUT2D eigenvalue weighted by Crippen LogP contribution is -2.49. The van der Waals surface area contributed by atoms with Crippen molar-refractivity contribution in [2.24, 2.45) is 0 Å². The van der Waals surface area contributed by atoms with E-state index in [1.165, 1.54) is 18.6 Å². The van der Waals surface area contributed by atoms with Gasteiger partial charge in [0.05, 0.1) is 18.5 Å². The highest BCUT2D eigenvalue weighted by Crippen LogP contribution is 2.28. The van der Waals surface area contributed by atoms with Gasteiger partial charge in [-0.1, -0.05) is 12.1 Å². The molecule has 9 nitrogen and oxygen atoms in total. The minimum absolute atomic E-state index is 0.0523. The number of hydrogen-bond donors (Lipinski definition) is 0. The Kier molecular flexibility index (Phi) is 9.44. The van der Waals surface area contributed by atoms with Crippen molar-refractivity contribution in [1.29, 1.82) is 0 Å². The summed E-state index contributed by atoms with van der Waals surface area (Å²) in [5, 5.41) is 0. The highest BCUT2D eigenvalue weighted by Gasteiger charge is 2.24. The maximum atomic E-state index is 12.9. The van der Waals surface area contributed by atoms with Gasteiger partial charge in [-0.15, -0.1) is 0 Å². The molecule has 2 heterocycles. The number of para-hydroxylation sites is 2. The lowest BCUT2D eigenvalue weighted by atomic mass is 10.2. The largest absolute Gasteiger partial charge is 0.492 e. The minimum atomic E-state index is -0.218. The fourth-order valence-electron chi connectivity index (χ4n) is 3.87. The van der Waals surface area contributed by atoms with E-state index in [9.17, 15) is 9.59 Å². The standard InChI is InChI=1S/C24H33N5O4/c1-3-33-22-8-5-4-7-21(22)27-14-16-28(17-15-27)23(30)9-13-29(12-6-18-32-2)24(31)20-19-25-10-11-26-20/h4-5,7-8,10-11,19H,3,6,9,12-18H2,1-2H3. The molecule has 9 heteroatoms. The van der Waals surface area contributed by atoms with Crippen LogP contribution < -0.4 is 9.64 Å². The van der Waals surface area contributed by atoms with E-state index in [1.807, 2.05) is 30.0 Å². The molecule has 33 heavy (non-hydrogen) atoms. The molecule has 0 spiro atoms. The number of methoxy groups -OCH3 is 1. The Morgan fingerprint density at radius 2 is 1.88 bits per heavy atom. The van der Waals surface area contributed by atoms with Crippen molar-refractivity contribution < 1.29 is 19.1 Å². The van der Waals surface area contributed by atoms with Crippen LogP contribution in [-0.4, -0.2) is 91.2 Å². The van der Waals surface area contributed by atoms with Crippen LogP contribution in [0.25, 0.3) is 0 Å². The number of piperazine rings is 1. The Balaban J connectivity index is 1.54. The lowest BCUT2D eigenvalue weighted by Gasteiger charge is -2.37. The van der Waals surface area contributed by atoms with Crippen LogP contribution in [0.2, 0.25) is 0 Å². The zero-order valence-corrected chi connectivity index (χ0v) is 19.5. The molecule has 1 aliphatic heterocycles. The summed E-state index contributed by atoms with van der Waals surface area (Å²) < 4.78 is 10.9. The van der Waals surface area contributed by atoms with E-state index in [0.717, 1.165) is 24.5 Å². The lowest BCUT2D eigenvalue weighted by molar-refractivity contribution is -0.131. The zero-order chi connectivity index (χ0) is 23.5. The van der Waals surface area contributed by atoms with E-state index in [1.54, 1.807) is 12.0 Å². The topological polar surface area (TPSA) is 88.1 Å². The highest BCUT2D eigenvalue weighted by atomic mass is 16.5. The second-order valence-corrected chi connectivity index (χ2v) is 7.75. The molecule has 0 aliphatic carbocycles. The molecule has 3 rings (SSSR count). The van der Waals surface area contributed by atoms with Gasteiger partial charge in [0.1, 0.15) is 11.4 Å². The summed E-state index contributed by atoms with van der Waals surface area (Å²) >= 11 is 0. The molecule has 1 aliphatic rings. The summed E-state index contributed by atoms with van der Waals surface area (Å²) in [6, 6.07) is 8.00. The van der Waals surface area contributed by atoms with Gasteiger partial charge in [0.25, 0.3) is 5.91 Å². The number of nitrogens with zero attached hydrogens (tertiary/aromatic N) is 5. The van der Waals surface area contributed by atoms with Crippen LogP contribution in [0.5, 0.6) is 5.75 Å². The summed E-state index contributed by atoms with van der Waals surface area (Å²) in [4.78, 5) is 39.6. The van der Waals surface area contributed by atoms with Gasteiger partial charge >= 0.3 is 0 Å². The predicted octanol–water partition coefficient (Wildman–Crippen LogP) is 2.09. The number of aromatic nitrogens is 2. The van der Waals surface area contributed by atoms with Gasteiger partial charge in [0, 0.05) is 71.8 Å². The van der Waals surface area contributed by atoms with E-state index >= 15 is 0 Å². The quantitative estimate of drug-likeness (QED) is 0.480. The molecule has 2 amide bonds. The number of amides is 2. The van der Waals surface area contributed by atoms with Gasteiger partial charge in [-0.05, 0) is 25.5 Å². The summed E-state index contributed by atoms with van der Waals surface area (Å²) in [6.07, 6.45) is 5.44. The average Bonchev–Trinajstić information content (AvgIpc) is 2.87. The van der Waals surface area contributed by atoms with Gasteiger partial charge in [-0.2, -0.15) is 0 Å². The van der Waals surface area contributed by atoms with Crippen molar-refractivity contribution in [1.82, 2.24) is 19.8 Å². The molecule has 178 valence electrons. The average molecular weight is 456 g/mol. The normalized spacial score (nSPS) is 13.6. The zero-order valence-electron chi connectivity index (χ0n) is 19.5. The molecular weight excluding hydrogens is 422 g/mol. The molecule has 0 saturated carbocycles. The van der Waals surface area contributed by atoms with E-state index in [4.69, 9.17) is 9.47 Å². The minimum Gasteiger partial charge on any atom is -0.492 e. The Morgan fingerprint density at radius 1 is 1.09 bits per heavy atom. The van der Waals surface area contributed by atoms with Crippen LogP contribution >= 0.6 is 0 Å². The van der Waals surface area contributed by atoms with E-state index in [2.05, 4.69) is 20.9 Å². The van der Waals surface area contributed by atoms with Crippen LogP contribution in [0, 0.1) is 0 Å². The van der Waals surface area contributed by atoms with Gasteiger partial charge < -0.3 is 24.2 Å².